The Morgan fingerprint density at radius 1 is 1.47 bits per heavy atom. The van der Waals surface area contributed by atoms with E-state index in [2.05, 4.69) is 9.59 Å². The van der Waals surface area contributed by atoms with E-state index in [0.29, 0.717) is 10.1 Å². The van der Waals surface area contributed by atoms with Crippen LogP contribution in [0.2, 0.25) is 4.34 Å². The van der Waals surface area contributed by atoms with Crippen molar-refractivity contribution < 1.29 is 4.39 Å². The van der Waals surface area contributed by atoms with Gasteiger partial charge in [-0.3, -0.25) is 0 Å². The minimum Gasteiger partial charge on any atom is -0.207 e. The standard InChI is InChI=1S/C9H6ClFN2S2/c10-9-8(12-13-15-9)5-14-7-3-1-2-6(11)4-7/h1-4H,5H2. The van der Waals surface area contributed by atoms with E-state index < -0.39 is 0 Å². The van der Waals surface area contributed by atoms with Crippen LogP contribution in [-0.4, -0.2) is 9.59 Å². The molecule has 0 fully saturated rings. The van der Waals surface area contributed by atoms with Crippen molar-refractivity contribution in [1.29, 1.82) is 0 Å². The van der Waals surface area contributed by atoms with Crippen molar-refractivity contribution in [3.63, 3.8) is 0 Å². The molecule has 0 spiro atoms. The zero-order chi connectivity index (χ0) is 10.7. The minimum atomic E-state index is -0.234. The average molecular weight is 261 g/mol. The molecule has 6 heteroatoms. The predicted octanol–water partition coefficient (Wildman–Crippen LogP) is 3.62. The Morgan fingerprint density at radius 3 is 3.00 bits per heavy atom. The van der Waals surface area contributed by atoms with Crippen molar-refractivity contribution in [2.45, 2.75) is 10.6 Å². The fourth-order valence-corrected chi connectivity index (χ4v) is 2.67. The van der Waals surface area contributed by atoms with E-state index in [-0.39, 0.29) is 5.82 Å². The van der Waals surface area contributed by atoms with Crippen LogP contribution in [0.4, 0.5) is 4.39 Å². The SMILES string of the molecule is Fc1cccc(SCc2nnsc2Cl)c1. The molecular weight excluding hydrogens is 255 g/mol. The number of halogens is 2. The maximum absolute atomic E-state index is 12.8. The topological polar surface area (TPSA) is 25.8 Å². The van der Waals surface area contributed by atoms with Crippen molar-refractivity contribution in [3.8, 4) is 0 Å². The Labute approximate surface area is 99.6 Å². The van der Waals surface area contributed by atoms with E-state index in [1.54, 1.807) is 6.07 Å². The third-order valence-electron chi connectivity index (χ3n) is 1.68. The zero-order valence-electron chi connectivity index (χ0n) is 7.48. The van der Waals surface area contributed by atoms with Gasteiger partial charge in [-0.05, 0) is 18.2 Å². The Balaban J connectivity index is 2.02. The van der Waals surface area contributed by atoms with Gasteiger partial charge in [-0.25, -0.2) is 4.39 Å². The van der Waals surface area contributed by atoms with Crippen LogP contribution in [0.15, 0.2) is 29.2 Å². The Bertz CT molecular complexity index is 461. The fourth-order valence-electron chi connectivity index (χ4n) is 0.992. The van der Waals surface area contributed by atoms with Gasteiger partial charge in [0.15, 0.2) is 0 Å². The number of aromatic nitrogens is 2. The molecule has 2 rings (SSSR count). The lowest BCUT2D eigenvalue weighted by molar-refractivity contribution is 0.624. The summed E-state index contributed by atoms with van der Waals surface area (Å²) in [4.78, 5) is 0.860. The summed E-state index contributed by atoms with van der Waals surface area (Å²) in [5.74, 6) is 0.376. The third kappa shape index (κ3) is 2.90. The number of nitrogens with zero attached hydrogens (tertiary/aromatic N) is 2. The van der Waals surface area contributed by atoms with E-state index in [1.165, 1.54) is 23.9 Å². The van der Waals surface area contributed by atoms with Crippen LogP contribution in [-0.2, 0) is 5.75 Å². The van der Waals surface area contributed by atoms with Crippen LogP contribution in [0, 0.1) is 5.82 Å². The van der Waals surface area contributed by atoms with Gasteiger partial charge >= 0.3 is 0 Å². The largest absolute Gasteiger partial charge is 0.207 e. The Kier molecular flexibility index (Phi) is 3.56. The second-order valence-corrected chi connectivity index (χ2v) is 5.14. The van der Waals surface area contributed by atoms with Crippen LogP contribution in [0.1, 0.15) is 5.69 Å². The van der Waals surface area contributed by atoms with E-state index in [0.717, 1.165) is 22.1 Å². The van der Waals surface area contributed by atoms with Gasteiger partial charge in [0.2, 0.25) is 0 Å². The molecule has 15 heavy (non-hydrogen) atoms. The van der Waals surface area contributed by atoms with Crippen LogP contribution in [0.25, 0.3) is 0 Å². The van der Waals surface area contributed by atoms with Crippen molar-refractivity contribution >= 4 is 34.9 Å². The predicted molar refractivity (Wildman–Crippen MR) is 60.9 cm³/mol. The number of benzene rings is 1. The van der Waals surface area contributed by atoms with Crippen molar-refractivity contribution in [2.75, 3.05) is 0 Å². The summed E-state index contributed by atoms with van der Waals surface area (Å²) >= 11 is 8.49. The first-order valence-corrected chi connectivity index (χ1v) is 6.24. The molecule has 0 aliphatic carbocycles. The van der Waals surface area contributed by atoms with Crippen molar-refractivity contribution in [2.24, 2.45) is 0 Å². The molecule has 78 valence electrons. The zero-order valence-corrected chi connectivity index (χ0v) is 9.87. The monoisotopic (exact) mass is 260 g/mol. The van der Waals surface area contributed by atoms with Gasteiger partial charge in [-0.2, -0.15) is 0 Å². The van der Waals surface area contributed by atoms with Gasteiger partial charge in [0.05, 0.1) is 0 Å². The van der Waals surface area contributed by atoms with Crippen LogP contribution >= 0.6 is 34.9 Å². The molecule has 0 saturated heterocycles. The lowest BCUT2D eigenvalue weighted by Gasteiger charge is -1.98. The number of rotatable bonds is 3. The normalized spacial score (nSPS) is 10.5. The summed E-state index contributed by atoms with van der Waals surface area (Å²) in [6.07, 6.45) is 0. The molecule has 0 N–H and O–H groups in total. The highest BCUT2D eigenvalue weighted by atomic mass is 35.5. The lowest BCUT2D eigenvalue weighted by Crippen LogP contribution is -1.82. The van der Waals surface area contributed by atoms with Crippen LogP contribution < -0.4 is 0 Å². The molecule has 0 saturated carbocycles. The molecule has 2 aromatic rings. The Hall–Kier alpha value is -0.650. The molecule has 0 unspecified atom stereocenters. The second kappa shape index (κ2) is 4.92. The second-order valence-electron chi connectivity index (χ2n) is 2.74. The molecule has 0 radical (unpaired) electrons. The minimum absolute atomic E-state index is 0.234. The van der Waals surface area contributed by atoms with Crippen LogP contribution in [0.3, 0.4) is 0 Å². The van der Waals surface area contributed by atoms with Gasteiger partial charge in [-0.15, -0.1) is 16.9 Å². The summed E-state index contributed by atoms with van der Waals surface area (Å²) in [6.45, 7) is 0. The van der Waals surface area contributed by atoms with Crippen molar-refractivity contribution in [3.05, 3.63) is 40.1 Å². The molecule has 0 amide bonds. The first-order chi connectivity index (χ1) is 7.25. The maximum atomic E-state index is 12.8. The van der Waals surface area contributed by atoms with E-state index >= 15 is 0 Å². The number of hydrogen-bond acceptors (Lipinski definition) is 4. The molecule has 2 nitrogen and oxygen atoms in total. The van der Waals surface area contributed by atoms with Gasteiger partial charge in [0, 0.05) is 22.2 Å². The van der Waals surface area contributed by atoms with Gasteiger partial charge in [0.25, 0.3) is 0 Å². The van der Waals surface area contributed by atoms with Gasteiger partial charge in [0.1, 0.15) is 15.8 Å². The maximum Gasteiger partial charge on any atom is 0.138 e. The molecular formula is C9H6ClFN2S2. The van der Waals surface area contributed by atoms with E-state index in [4.69, 9.17) is 11.6 Å². The first-order valence-electron chi connectivity index (χ1n) is 4.11. The highest BCUT2D eigenvalue weighted by molar-refractivity contribution is 7.98. The van der Waals surface area contributed by atoms with Crippen LogP contribution in [0.5, 0.6) is 0 Å². The smallest absolute Gasteiger partial charge is 0.138 e. The molecule has 0 aliphatic rings. The van der Waals surface area contributed by atoms with Gasteiger partial charge < -0.3 is 0 Å². The van der Waals surface area contributed by atoms with E-state index in [9.17, 15) is 4.39 Å². The first kappa shape index (κ1) is 10.9. The molecule has 0 bridgehead atoms. The summed E-state index contributed by atoms with van der Waals surface area (Å²) in [5, 5.41) is 3.88. The summed E-state index contributed by atoms with van der Waals surface area (Å²) in [6, 6.07) is 6.43. The summed E-state index contributed by atoms with van der Waals surface area (Å²) in [7, 11) is 0. The third-order valence-corrected chi connectivity index (χ3v) is 3.67. The summed E-state index contributed by atoms with van der Waals surface area (Å²) < 4.78 is 17.2. The highest BCUT2D eigenvalue weighted by Crippen LogP contribution is 2.27. The van der Waals surface area contributed by atoms with Crippen molar-refractivity contribution in [1.82, 2.24) is 9.59 Å². The number of hydrogen-bond donors (Lipinski definition) is 0. The van der Waals surface area contributed by atoms with Gasteiger partial charge in [-0.1, -0.05) is 22.2 Å². The molecule has 0 atom stereocenters. The summed E-state index contributed by atoms with van der Waals surface area (Å²) in [5.41, 5.74) is 0.746. The molecule has 0 aliphatic heterocycles. The van der Waals surface area contributed by atoms with E-state index in [1.807, 2.05) is 6.07 Å². The Morgan fingerprint density at radius 2 is 2.33 bits per heavy atom. The molecule has 1 heterocycles. The highest BCUT2D eigenvalue weighted by Gasteiger charge is 2.05. The lowest BCUT2D eigenvalue weighted by atomic mass is 10.4. The quantitative estimate of drug-likeness (QED) is 0.789. The fraction of sp³-hybridized carbons (Fsp3) is 0.111. The molecule has 1 aromatic heterocycles. The molecule has 1 aromatic carbocycles. The number of thioether (sulfide) groups is 1. The average Bonchev–Trinajstić information content (AvgIpc) is 2.61.